The third-order valence-corrected chi connectivity index (χ3v) is 3.80. The van der Waals surface area contributed by atoms with Crippen LogP contribution in [0.2, 0.25) is 0 Å². The Morgan fingerprint density at radius 3 is 3.14 bits per heavy atom. The smallest absolute Gasteiger partial charge is 0.273 e. The third-order valence-electron chi connectivity index (χ3n) is 3.80. The molecular weight excluding hydrogens is 266 g/mol. The Morgan fingerprint density at radius 2 is 2.29 bits per heavy atom. The highest BCUT2D eigenvalue weighted by Crippen LogP contribution is 2.29. The second-order valence-electron chi connectivity index (χ2n) is 5.27. The minimum Gasteiger partial charge on any atom is -0.344 e. The van der Waals surface area contributed by atoms with E-state index in [0.717, 1.165) is 19.3 Å². The van der Waals surface area contributed by atoms with Crippen molar-refractivity contribution in [3.05, 3.63) is 47.3 Å². The fourth-order valence-corrected chi connectivity index (χ4v) is 2.78. The van der Waals surface area contributed by atoms with Crippen molar-refractivity contribution < 1.29 is 4.79 Å². The van der Waals surface area contributed by atoms with E-state index in [1.807, 2.05) is 12.1 Å². The minimum absolute atomic E-state index is 0.0575. The standard InChI is InChI=1S/C15H19N5O/c16-8-9-20-10-14(18-19-20)15(21)17-13-7-3-5-11-4-1-2-6-12(11)13/h1-2,4,6,10,13H,3,5,7-9,16H2,(H,17,21). The minimum atomic E-state index is -0.181. The molecule has 0 fully saturated rings. The van der Waals surface area contributed by atoms with Crippen LogP contribution in [-0.2, 0) is 13.0 Å². The number of aromatic nitrogens is 3. The molecule has 110 valence electrons. The molecule has 1 atom stereocenters. The summed E-state index contributed by atoms with van der Waals surface area (Å²) < 4.78 is 1.59. The van der Waals surface area contributed by atoms with Crippen molar-refractivity contribution in [2.45, 2.75) is 31.8 Å². The Bertz CT molecular complexity index is 636. The van der Waals surface area contributed by atoms with Gasteiger partial charge in [-0.25, -0.2) is 0 Å². The van der Waals surface area contributed by atoms with E-state index in [2.05, 4.69) is 27.8 Å². The second kappa shape index (κ2) is 6.05. The molecule has 1 heterocycles. The van der Waals surface area contributed by atoms with Crippen LogP contribution in [0, 0.1) is 0 Å². The zero-order valence-electron chi connectivity index (χ0n) is 11.8. The molecule has 0 radical (unpaired) electrons. The normalized spacial score (nSPS) is 17.3. The highest BCUT2D eigenvalue weighted by atomic mass is 16.2. The number of fused-ring (bicyclic) bond motifs is 1. The first-order valence-corrected chi connectivity index (χ1v) is 7.27. The lowest BCUT2D eigenvalue weighted by atomic mass is 9.88. The molecular formula is C15H19N5O. The molecule has 21 heavy (non-hydrogen) atoms. The molecule has 0 saturated carbocycles. The van der Waals surface area contributed by atoms with Gasteiger partial charge in [0.05, 0.1) is 18.8 Å². The molecule has 0 bridgehead atoms. The summed E-state index contributed by atoms with van der Waals surface area (Å²) in [6.07, 6.45) is 4.76. The van der Waals surface area contributed by atoms with Gasteiger partial charge in [-0.1, -0.05) is 29.5 Å². The topological polar surface area (TPSA) is 85.8 Å². The highest BCUT2D eigenvalue weighted by Gasteiger charge is 2.22. The zero-order chi connectivity index (χ0) is 14.7. The maximum Gasteiger partial charge on any atom is 0.273 e. The van der Waals surface area contributed by atoms with Crippen molar-refractivity contribution in [1.82, 2.24) is 20.3 Å². The summed E-state index contributed by atoms with van der Waals surface area (Å²) in [6.45, 7) is 1.03. The molecule has 6 heteroatoms. The summed E-state index contributed by atoms with van der Waals surface area (Å²) in [5, 5.41) is 10.9. The number of amides is 1. The number of nitrogens with zero attached hydrogens (tertiary/aromatic N) is 3. The number of aryl methyl sites for hydroxylation is 1. The number of carbonyl (C=O) groups is 1. The molecule has 1 unspecified atom stereocenters. The Hall–Kier alpha value is -2.21. The third kappa shape index (κ3) is 2.95. The van der Waals surface area contributed by atoms with Crippen LogP contribution in [0.4, 0.5) is 0 Å². The predicted molar refractivity (Wildman–Crippen MR) is 78.7 cm³/mol. The van der Waals surface area contributed by atoms with Gasteiger partial charge in [-0.05, 0) is 30.4 Å². The molecule has 0 saturated heterocycles. The number of rotatable bonds is 4. The molecule has 2 aromatic rings. The van der Waals surface area contributed by atoms with Gasteiger partial charge >= 0.3 is 0 Å². The molecule has 1 aromatic heterocycles. The number of nitrogens with one attached hydrogen (secondary N) is 1. The number of carbonyl (C=O) groups excluding carboxylic acids is 1. The molecule has 1 aliphatic carbocycles. The van der Waals surface area contributed by atoms with Crippen molar-refractivity contribution in [3.8, 4) is 0 Å². The summed E-state index contributed by atoms with van der Waals surface area (Å²) in [5.74, 6) is -0.181. The lowest BCUT2D eigenvalue weighted by Crippen LogP contribution is -2.31. The fourth-order valence-electron chi connectivity index (χ4n) is 2.78. The fraction of sp³-hybridized carbons (Fsp3) is 0.400. The quantitative estimate of drug-likeness (QED) is 0.879. The van der Waals surface area contributed by atoms with Gasteiger partial charge in [-0.2, -0.15) is 0 Å². The second-order valence-corrected chi connectivity index (χ2v) is 5.27. The monoisotopic (exact) mass is 285 g/mol. The maximum atomic E-state index is 12.3. The van der Waals surface area contributed by atoms with Crippen molar-refractivity contribution in [2.24, 2.45) is 5.73 Å². The summed E-state index contributed by atoms with van der Waals surface area (Å²) >= 11 is 0. The first-order valence-electron chi connectivity index (χ1n) is 7.27. The molecule has 6 nitrogen and oxygen atoms in total. The first-order chi connectivity index (χ1) is 10.3. The molecule has 1 aliphatic rings. The lowest BCUT2D eigenvalue weighted by Gasteiger charge is -2.25. The molecule has 0 aliphatic heterocycles. The average Bonchev–Trinajstić information content (AvgIpc) is 2.97. The van der Waals surface area contributed by atoms with E-state index in [1.54, 1.807) is 10.9 Å². The SMILES string of the molecule is NCCn1cc(C(=O)NC2CCCc3ccccc32)nn1. The molecule has 1 aromatic carbocycles. The Labute approximate surface area is 123 Å². The Morgan fingerprint density at radius 1 is 1.43 bits per heavy atom. The van der Waals surface area contributed by atoms with Crippen molar-refractivity contribution >= 4 is 5.91 Å². The van der Waals surface area contributed by atoms with Gasteiger partial charge in [0.2, 0.25) is 0 Å². The summed E-state index contributed by atoms with van der Waals surface area (Å²) in [4.78, 5) is 12.3. The van der Waals surface area contributed by atoms with Gasteiger partial charge in [0, 0.05) is 6.54 Å². The Kier molecular flexibility index (Phi) is 3.96. The largest absolute Gasteiger partial charge is 0.344 e. The van der Waals surface area contributed by atoms with Crippen LogP contribution in [0.15, 0.2) is 30.5 Å². The van der Waals surface area contributed by atoms with E-state index in [4.69, 9.17) is 5.73 Å². The highest BCUT2D eigenvalue weighted by molar-refractivity contribution is 5.92. The maximum absolute atomic E-state index is 12.3. The lowest BCUT2D eigenvalue weighted by molar-refractivity contribution is 0.0927. The van der Waals surface area contributed by atoms with E-state index in [9.17, 15) is 4.79 Å². The first kappa shape index (κ1) is 13.8. The van der Waals surface area contributed by atoms with Gasteiger partial charge in [0.15, 0.2) is 5.69 Å². The summed E-state index contributed by atoms with van der Waals surface area (Å²) in [5.41, 5.74) is 8.33. The van der Waals surface area contributed by atoms with Gasteiger partial charge in [-0.15, -0.1) is 5.10 Å². The summed E-state index contributed by atoms with van der Waals surface area (Å²) in [7, 11) is 0. The van der Waals surface area contributed by atoms with Crippen LogP contribution in [0.5, 0.6) is 0 Å². The van der Waals surface area contributed by atoms with Crippen molar-refractivity contribution in [1.29, 1.82) is 0 Å². The van der Waals surface area contributed by atoms with E-state index in [1.165, 1.54) is 11.1 Å². The van der Waals surface area contributed by atoms with Crippen molar-refractivity contribution in [3.63, 3.8) is 0 Å². The number of benzene rings is 1. The summed E-state index contributed by atoms with van der Waals surface area (Å²) in [6, 6.07) is 8.33. The van der Waals surface area contributed by atoms with Crippen LogP contribution in [0.3, 0.4) is 0 Å². The van der Waals surface area contributed by atoms with Crippen LogP contribution in [0.25, 0.3) is 0 Å². The molecule has 3 rings (SSSR count). The number of nitrogens with two attached hydrogens (primary N) is 1. The number of hydrogen-bond acceptors (Lipinski definition) is 4. The van der Waals surface area contributed by atoms with Crippen LogP contribution in [-0.4, -0.2) is 27.4 Å². The van der Waals surface area contributed by atoms with E-state index in [-0.39, 0.29) is 11.9 Å². The Balaban J connectivity index is 1.73. The van der Waals surface area contributed by atoms with E-state index < -0.39 is 0 Å². The van der Waals surface area contributed by atoms with Gasteiger partial charge in [0.25, 0.3) is 5.91 Å². The van der Waals surface area contributed by atoms with Gasteiger partial charge < -0.3 is 11.1 Å². The van der Waals surface area contributed by atoms with Crippen LogP contribution >= 0.6 is 0 Å². The van der Waals surface area contributed by atoms with Crippen LogP contribution < -0.4 is 11.1 Å². The van der Waals surface area contributed by atoms with Crippen molar-refractivity contribution in [2.75, 3.05) is 6.54 Å². The number of hydrogen-bond donors (Lipinski definition) is 2. The predicted octanol–water partition coefficient (Wildman–Crippen LogP) is 1.04. The molecule has 0 spiro atoms. The molecule has 3 N–H and O–H groups in total. The average molecular weight is 285 g/mol. The van der Waals surface area contributed by atoms with Gasteiger partial charge in [-0.3, -0.25) is 9.48 Å². The van der Waals surface area contributed by atoms with Crippen LogP contribution in [0.1, 0.15) is 40.5 Å². The molecule has 1 amide bonds. The van der Waals surface area contributed by atoms with E-state index in [0.29, 0.717) is 18.8 Å². The van der Waals surface area contributed by atoms with E-state index >= 15 is 0 Å². The zero-order valence-corrected chi connectivity index (χ0v) is 11.8. The van der Waals surface area contributed by atoms with Gasteiger partial charge in [0.1, 0.15) is 0 Å².